The Bertz CT molecular complexity index is 184. The van der Waals surface area contributed by atoms with Gasteiger partial charge in [-0.05, 0) is 12.8 Å². The van der Waals surface area contributed by atoms with Crippen LogP contribution in [0.1, 0.15) is 31.5 Å². The van der Waals surface area contributed by atoms with Crippen LogP contribution in [0.4, 0.5) is 0 Å². The number of halogens is 1. The number of nitrogens with one attached hydrogen (secondary N) is 1. The topological polar surface area (TPSA) is 28.7 Å². The lowest BCUT2D eigenvalue weighted by Crippen LogP contribution is -1.88. The molecule has 1 rings (SSSR count). The van der Waals surface area contributed by atoms with Gasteiger partial charge in [-0.25, -0.2) is 4.98 Å². The highest BCUT2D eigenvalue weighted by Gasteiger charge is 1.93. The Hall–Kier alpha value is -0.500. The van der Waals surface area contributed by atoms with Gasteiger partial charge in [0.15, 0.2) is 0 Å². The molecule has 0 saturated carbocycles. The third-order valence-electron chi connectivity index (χ3n) is 1.85. The molecule has 12 heavy (non-hydrogen) atoms. The molecule has 1 aromatic heterocycles. The summed E-state index contributed by atoms with van der Waals surface area (Å²) < 4.78 is 0. The molecule has 0 aromatic carbocycles. The summed E-state index contributed by atoms with van der Waals surface area (Å²) in [5.41, 5.74) is 0. The quantitative estimate of drug-likeness (QED) is 0.537. The molecule has 0 aliphatic heterocycles. The Balaban J connectivity index is 1.96. The second kappa shape index (κ2) is 6.06. The molecule has 0 aliphatic carbocycles. The van der Waals surface area contributed by atoms with E-state index in [4.69, 9.17) is 11.6 Å². The first kappa shape index (κ1) is 9.59. The highest BCUT2D eigenvalue weighted by Crippen LogP contribution is 2.04. The molecule has 0 radical (unpaired) electrons. The Morgan fingerprint density at radius 1 is 1.25 bits per heavy atom. The standard InChI is InChI=1S/C9H15ClN2/c10-6-4-2-1-3-5-9-11-7-8-12-9/h7-8H,1-6H2,(H,11,12). The Labute approximate surface area is 78.4 Å². The largest absolute Gasteiger partial charge is 0.349 e. The molecule has 1 aromatic rings. The van der Waals surface area contributed by atoms with Crippen molar-refractivity contribution in [2.75, 3.05) is 5.88 Å². The van der Waals surface area contributed by atoms with Crippen molar-refractivity contribution in [3.05, 3.63) is 18.2 Å². The van der Waals surface area contributed by atoms with Gasteiger partial charge >= 0.3 is 0 Å². The Morgan fingerprint density at radius 3 is 2.75 bits per heavy atom. The van der Waals surface area contributed by atoms with Crippen LogP contribution in [0.15, 0.2) is 12.4 Å². The van der Waals surface area contributed by atoms with E-state index in [2.05, 4.69) is 9.97 Å². The van der Waals surface area contributed by atoms with Gasteiger partial charge in [-0.15, -0.1) is 11.6 Å². The number of hydrogen-bond donors (Lipinski definition) is 1. The van der Waals surface area contributed by atoms with Crippen molar-refractivity contribution in [2.24, 2.45) is 0 Å². The van der Waals surface area contributed by atoms with Crippen molar-refractivity contribution in [1.29, 1.82) is 0 Å². The summed E-state index contributed by atoms with van der Waals surface area (Å²) in [4.78, 5) is 7.24. The summed E-state index contributed by atoms with van der Waals surface area (Å²) >= 11 is 5.56. The van der Waals surface area contributed by atoms with E-state index in [1.54, 1.807) is 6.20 Å². The van der Waals surface area contributed by atoms with E-state index in [9.17, 15) is 0 Å². The first-order valence-corrected chi connectivity index (χ1v) is 5.01. The summed E-state index contributed by atoms with van der Waals surface area (Å²) in [7, 11) is 0. The molecule has 0 spiro atoms. The lowest BCUT2D eigenvalue weighted by atomic mass is 10.1. The highest BCUT2D eigenvalue weighted by atomic mass is 35.5. The molecular formula is C9H15ClN2. The van der Waals surface area contributed by atoms with Crippen molar-refractivity contribution < 1.29 is 0 Å². The molecule has 0 saturated heterocycles. The van der Waals surface area contributed by atoms with E-state index in [0.717, 1.165) is 24.5 Å². The predicted molar refractivity (Wildman–Crippen MR) is 51.5 cm³/mol. The number of hydrogen-bond acceptors (Lipinski definition) is 1. The van der Waals surface area contributed by atoms with E-state index in [0.29, 0.717) is 0 Å². The number of alkyl halides is 1. The molecule has 2 nitrogen and oxygen atoms in total. The number of imidazole rings is 1. The smallest absolute Gasteiger partial charge is 0.105 e. The van der Waals surface area contributed by atoms with Crippen molar-refractivity contribution in [1.82, 2.24) is 9.97 Å². The van der Waals surface area contributed by atoms with Gasteiger partial charge in [-0.1, -0.05) is 12.8 Å². The minimum Gasteiger partial charge on any atom is -0.349 e. The van der Waals surface area contributed by atoms with Crippen LogP contribution in [-0.2, 0) is 6.42 Å². The van der Waals surface area contributed by atoms with Gasteiger partial charge in [0.1, 0.15) is 5.82 Å². The fourth-order valence-electron chi connectivity index (χ4n) is 1.18. The first-order chi connectivity index (χ1) is 5.93. The number of aryl methyl sites for hydroxylation is 1. The van der Waals surface area contributed by atoms with Crippen LogP contribution < -0.4 is 0 Å². The van der Waals surface area contributed by atoms with Crippen LogP contribution >= 0.6 is 11.6 Å². The van der Waals surface area contributed by atoms with Gasteiger partial charge in [0.2, 0.25) is 0 Å². The second-order valence-corrected chi connectivity index (χ2v) is 3.27. The van der Waals surface area contributed by atoms with Crippen molar-refractivity contribution in [3.63, 3.8) is 0 Å². The summed E-state index contributed by atoms with van der Waals surface area (Å²) in [6.45, 7) is 0. The molecular weight excluding hydrogens is 172 g/mol. The van der Waals surface area contributed by atoms with Gasteiger partial charge in [0.05, 0.1) is 0 Å². The number of unbranched alkanes of at least 4 members (excludes halogenated alkanes) is 3. The SMILES string of the molecule is ClCCCCCCc1ncc[nH]1. The van der Waals surface area contributed by atoms with Crippen LogP contribution in [0.25, 0.3) is 0 Å². The third-order valence-corrected chi connectivity index (χ3v) is 2.12. The zero-order chi connectivity index (χ0) is 8.65. The van der Waals surface area contributed by atoms with Crippen molar-refractivity contribution >= 4 is 11.6 Å². The summed E-state index contributed by atoms with van der Waals surface area (Å²) in [6, 6.07) is 0. The zero-order valence-electron chi connectivity index (χ0n) is 7.22. The van der Waals surface area contributed by atoms with Crippen molar-refractivity contribution in [2.45, 2.75) is 32.1 Å². The van der Waals surface area contributed by atoms with Crippen LogP contribution in [0.2, 0.25) is 0 Å². The molecule has 0 aliphatic rings. The zero-order valence-corrected chi connectivity index (χ0v) is 7.98. The van der Waals surface area contributed by atoms with Crippen LogP contribution in [-0.4, -0.2) is 15.8 Å². The maximum absolute atomic E-state index is 5.56. The Kier molecular flexibility index (Phi) is 4.85. The molecule has 0 bridgehead atoms. The fraction of sp³-hybridized carbons (Fsp3) is 0.667. The maximum Gasteiger partial charge on any atom is 0.105 e. The van der Waals surface area contributed by atoms with Crippen molar-refractivity contribution in [3.8, 4) is 0 Å². The minimum absolute atomic E-state index is 0.792. The van der Waals surface area contributed by atoms with E-state index in [-0.39, 0.29) is 0 Å². The number of aromatic amines is 1. The molecule has 68 valence electrons. The van der Waals surface area contributed by atoms with E-state index < -0.39 is 0 Å². The molecule has 3 heteroatoms. The third kappa shape index (κ3) is 3.77. The number of rotatable bonds is 6. The maximum atomic E-state index is 5.56. The molecule has 0 amide bonds. The van der Waals surface area contributed by atoms with Gasteiger partial charge in [-0.2, -0.15) is 0 Å². The minimum atomic E-state index is 0.792. The average molecular weight is 187 g/mol. The predicted octanol–water partition coefficient (Wildman–Crippen LogP) is 2.75. The Morgan fingerprint density at radius 2 is 2.08 bits per heavy atom. The van der Waals surface area contributed by atoms with E-state index in [1.807, 2.05) is 6.20 Å². The van der Waals surface area contributed by atoms with Crippen LogP contribution in [0, 0.1) is 0 Å². The van der Waals surface area contributed by atoms with Crippen LogP contribution in [0.5, 0.6) is 0 Å². The van der Waals surface area contributed by atoms with Gasteiger partial charge in [0.25, 0.3) is 0 Å². The van der Waals surface area contributed by atoms with Crippen LogP contribution in [0.3, 0.4) is 0 Å². The summed E-state index contributed by atoms with van der Waals surface area (Å²) in [6.07, 6.45) is 9.58. The lowest BCUT2D eigenvalue weighted by molar-refractivity contribution is 0.657. The van der Waals surface area contributed by atoms with Gasteiger partial charge in [-0.3, -0.25) is 0 Å². The van der Waals surface area contributed by atoms with E-state index >= 15 is 0 Å². The number of nitrogens with zero attached hydrogens (tertiary/aromatic N) is 1. The fourth-order valence-corrected chi connectivity index (χ4v) is 1.36. The van der Waals surface area contributed by atoms with Gasteiger partial charge in [0, 0.05) is 24.7 Å². The second-order valence-electron chi connectivity index (χ2n) is 2.89. The monoisotopic (exact) mass is 186 g/mol. The normalized spacial score (nSPS) is 10.4. The van der Waals surface area contributed by atoms with Gasteiger partial charge < -0.3 is 4.98 Å². The molecule has 0 unspecified atom stereocenters. The lowest BCUT2D eigenvalue weighted by Gasteiger charge is -1.96. The number of H-pyrrole nitrogens is 1. The summed E-state index contributed by atoms with van der Waals surface area (Å²) in [5.74, 6) is 1.89. The first-order valence-electron chi connectivity index (χ1n) is 4.47. The average Bonchev–Trinajstić information content (AvgIpc) is 2.57. The number of aromatic nitrogens is 2. The highest BCUT2D eigenvalue weighted by molar-refractivity contribution is 6.17. The summed E-state index contributed by atoms with van der Waals surface area (Å²) in [5, 5.41) is 0. The molecule has 0 atom stereocenters. The molecule has 0 fully saturated rings. The molecule has 1 heterocycles. The van der Waals surface area contributed by atoms with E-state index in [1.165, 1.54) is 19.3 Å². The molecule has 1 N–H and O–H groups in total.